The van der Waals surface area contributed by atoms with E-state index in [1.54, 1.807) is 0 Å². The molecule has 0 saturated heterocycles. The highest BCUT2D eigenvalue weighted by atomic mass is 16.3. The third-order valence-electron chi connectivity index (χ3n) is 4.10. The molecule has 1 aromatic carbocycles. The van der Waals surface area contributed by atoms with E-state index < -0.39 is 6.10 Å². The fourth-order valence-electron chi connectivity index (χ4n) is 2.76. The van der Waals surface area contributed by atoms with Crippen molar-refractivity contribution in [2.75, 3.05) is 0 Å². The molecule has 1 fully saturated rings. The van der Waals surface area contributed by atoms with Gasteiger partial charge in [-0.3, -0.25) is 4.79 Å². The zero-order valence-corrected chi connectivity index (χ0v) is 12.1. The summed E-state index contributed by atoms with van der Waals surface area (Å²) in [6, 6.07) is 8.05. The van der Waals surface area contributed by atoms with Crippen LogP contribution < -0.4 is 0 Å². The normalized spacial score (nSPS) is 22.3. The highest BCUT2D eigenvalue weighted by Crippen LogP contribution is 2.33. The predicted molar refractivity (Wildman–Crippen MR) is 77.1 cm³/mol. The number of carbonyl (C=O) groups excluding carboxylic acids is 1. The molecule has 0 bridgehead atoms. The average Bonchev–Trinajstić information content (AvgIpc) is 2.38. The number of Topliss-reactive ketones (excluding diaryl/α,β-unsaturated/α-hetero) is 1. The van der Waals surface area contributed by atoms with Gasteiger partial charge in [0.15, 0.2) is 0 Å². The lowest BCUT2D eigenvalue weighted by Crippen LogP contribution is -2.25. The lowest BCUT2D eigenvalue weighted by atomic mass is 9.80. The molecule has 0 heterocycles. The maximum atomic E-state index is 11.9. The summed E-state index contributed by atoms with van der Waals surface area (Å²) >= 11 is 0. The first-order valence-electron chi connectivity index (χ1n) is 7.21. The Kier molecular flexibility index (Phi) is 4.10. The van der Waals surface area contributed by atoms with Gasteiger partial charge < -0.3 is 5.11 Å². The Morgan fingerprint density at radius 1 is 1.16 bits per heavy atom. The van der Waals surface area contributed by atoms with Crippen molar-refractivity contribution in [3.05, 3.63) is 35.4 Å². The van der Waals surface area contributed by atoms with E-state index in [1.165, 1.54) is 5.56 Å². The molecule has 1 N–H and O–H groups in total. The molecule has 0 unspecified atom stereocenters. The van der Waals surface area contributed by atoms with Crippen molar-refractivity contribution in [2.45, 2.75) is 58.0 Å². The summed E-state index contributed by atoms with van der Waals surface area (Å²) in [5.74, 6) is 0.0212. The zero-order valence-electron chi connectivity index (χ0n) is 12.1. The summed E-state index contributed by atoms with van der Waals surface area (Å²) in [5.41, 5.74) is 2.23. The molecule has 0 amide bonds. The van der Waals surface area contributed by atoms with Crippen LogP contribution in [0.5, 0.6) is 0 Å². The van der Waals surface area contributed by atoms with Crippen LogP contribution in [0.25, 0.3) is 0 Å². The molecule has 0 aliphatic heterocycles. The third kappa shape index (κ3) is 3.24. The Labute approximate surface area is 115 Å². The topological polar surface area (TPSA) is 37.3 Å². The molecular weight excluding hydrogens is 236 g/mol. The maximum absolute atomic E-state index is 11.9. The van der Waals surface area contributed by atoms with E-state index in [1.807, 2.05) is 12.1 Å². The van der Waals surface area contributed by atoms with Crippen molar-refractivity contribution in [3.8, 4) is 0 Å². The number of rotatable bonds is 2. The molecule has 2 rings (SSSR count). The van der Waals surface area contributed by atoms with Gasteiger partial charge in [-0.15, -0.1) is 0 Å². The number of aliphatic hydroxyl groups excluding tert-OH is 1. The summed E-state index contributed by atoms with van der Waals surface area (Å²) in [5, 5.41) is 10.4. The summed E-state index contributed by atoms with van der Waals surface area (Å²) in [6.45, 7) is 6.51. The molecule has 1 aliphatic rings. The van der Waals surface area contributed by atoms with Gasteiger partial charge in [-0.1, -0.05) is 51.5 Å². The average molecular weight is 260 g/mol. The van der Waals surface area contributed by atoms with Gasteiger partial charge in [0.25, 0.3) is 0 Å². The maximum Gasteiger partial charge on any atom is 0.138 e. The fourth-order valence-corrected chi connectivity index (χ4v) is 2.76. The van der Waals surface area contributed by atoms with Crippen molar-refractivity contribution < 1.29 is 9.90 Å². The minimum absolute atomic E-state index is 0.115. The number of ketones is 1. The number of hydrogen-bond acceptors (Lipinski definition) is 2. The Hall–Kier alpha value is -1.15. The monoisotopic (exact) mass is 260 g/mol. The Morgan fingerprint density at radius 2 is 1.79 bits per heavy atom. The van der Waals surface area contributed by atoms with Gasteiger partial charge in [-0.05, 0) is 29.4 Å². The number of carbonyl (C=O) groups is 1. The minimum Gasteiger partial charge on any atom is -0.388 e. The first-order valence-corrected chi connectivity index (χ1v) is 7.21. The van der Waals surface area contributed by atoms with Gasteiger partial charge in [0.05, 0.1) is 6.10 Å². The zero-order chi connectivity index (χ0) is 14.0. The van der Waals surface area contributed by atoms with E-state index in [4.69, 9.17) is 0 Å². The molecule has 0 spiro atoms. The van der Waals surface area contributed by atoms with Gasteiger partial charge in [0.1, 0.15) is 5.78 Å². The van der Waals surface area contributed by atoms with E-state index in [-0.39, 0.29) is 17.1 Å². The molecule has 0 radical (unpaired) electrons. The smallest absolute Gasteiger partial charge is 0.138 e. The molecular formula is C17H24O2. The quantitative estimate of drug-likeness (QED) is 0.878. The van der Waals surface area contributed by atoms with Crippen LogP contribution in [0.1, 0.15) is 63.7 Å². The van der Waals surface area contributed by atoms with E-state index in [2.05, 4.69) is 32.9 Å². The van der Waals surface area contributed by atoms with Crippen molar-refractivity contribution in [3.63, 3.8) is 0 Å². The molecule has 104 valence electrons. The van der Waals surface area contributed by atoms with Crippen LogP contribution in [-0.4, -0.2) is 10.9 Å². The van der Waals surface area contributed by atoms with Crippen LogP contribution in [-0.2, 0) is 10.2 Å². The van der Waals surface area contributed by atoms with Gasteiger partial charge in [-0.2, -0.15) is 0 Å². The number of aliphatic hydroxyl groups is 1. The predicted octanol–water partition coefficient (Wildman–Crippen LogP) is 3.78. The van der Waals surface area contributed by atoms with E-state index in [0.717, 1.165) is 24.8 Å². The van der Waals surface area contributed by atoms with Crippen molar-refractivity contribution in [1.82, 2.24) is 0 Å². The molecule has 1 saturated carbocycles. The number of hydrogen-bond donors (Lipinski definition) is 1. The second-order valence-corrected chi connectivity index (χ2v) is 6.64. The van der Waals surface area contributed by atoms with E-state index in [0.29, 0.717) is 6.42 Å². The largest absolute Gasteiger partial charge is 0.388 e. The molecule has 2 atom stereocenters. The lowest BCUT2D eigenvalue weighted by Gasteiger charge is -2.26. The molecule has 2 heteroatoms. The first-order chi connectivity index (χ1) is 8.89. The van der Waals surface area contributed by atoms with E-state index >= 15 is 0 Å². The molecule has 19 heavy (non-hydrogen) atoms. The van der Waals surface area contributed by atoms with Crippen LogP contribution >= 0.6 is 0 Å². The summed E-state index contributed by atoms with van der Waals surface area (Å²) < 4.78 is 0. The highest BCUT2D eigenvalue weighted by molar-refractivity contribution is 5.82. The van der Waals surface area contributed by atoms with Crippen LogP contribution in [0.3, 0.4) is 0 Å². The van der Waals surface area contributed by atoms with Gasteiger partial charge in [0.2, 0.25) is 0 Å². The number of benzene rings is 1. The molecule has 1 aliphatic carbocycles. The van der Waals surface area contributed by atoms with Crippen molar-refractivity contribution in [1.29, 1.82) is 0 Å². The second kappa shape index (κ2) is 5.46. The lowest BCUT2D eigenvalue weighted by molar-refractivity contribution is -0.128. The van der Waals surface area contributed by atoms with Crippen molar-refractivity contribution in [2.24, 2.45) is 5.92 Å². The van der Waals surface area contributed by atoms with Crippen molar-refractivity contribution >= 4 is 5.78 Å². The van der Waals surface area contributed by atoms with Gasteiger partial charge in [-0.25, -0.2) is 0 Å². The van der Waals surface area contributed by atoms with Gasteiger partial charge in [0, 0.05) is 12.3 Å². The fraction of sp³-hybridized carbons (Fsp3) is 0.588. The first kappa shape index (κ1) is 14.3. The van der Waals surface area contributed by atoms with E-state index in [9.17, 15) is 9.90 Å². The van der Waals surface area contributed by atoms with Crippen LogP contribution in [0.2, 0.25) is 0 Å². The summed E-state index contributed by atoms with van der Waals surface area (Å²) in [7, 11) is 0. The van der Waals surface area contributed by atoms with Crippen LogP contribution in [0.15, 0.2) is 24.3 Å². The molecule has 2 nitrogen and oxygen atoms in total. The summed E-state index contributed by atoms with van der Waals surface area (Å²) in [6.07, 6.45) is 2.84. The summed E-state index contributed by atoms with van der Waals surface area (Å²) in [4.78, 5) is 11.9. The highest BCUT2D eigenvalue weighted by Gasteiger charge is 2.30. The Morgan fingerprint density at radius 3 is 2.32 bits per heavy atom. The van der Waals surface area contributed by atoms with Crippen LogP contribution in [0, 0.1) is 5.92 Å². The molecule has 0 aromatic heterocycles. The van der Waals surface area contributed by atoms with Crippen LogP contribution in [0.4, 0.5) is 0 Å². The molecule has 1 aromatic rings. The standard InChI is InChI=1S/C17H24O2/c1-17(2,3)13-10-8-12(9-11-13)16(19)14-6-4-5-7-15(14)18/h8-11,14,16,19H,4-7H2,1-3H3/t14-,16+/m0/s1. The Balaban J connectivity index is 2.15. The van der Waals surface area contributed by atoms with Gasteiger partial charge >= 0.3 is 0 Å². The third-order valence-corrected chi connectivity index (χ3v) is 4.10. The second-order valence-electron chi connectivity index (χ2n) is 6.64. The SMILES string of the molecule is CC(C)(C)c1ccc([C@@H](O)[C@H]2CCCCC2=O)cc1. The minimum atomic E-state index is -0.637. The Bertz CT molecular complexity index is 439.